The van der Waals surface area contributed by atoms with Crippen LogP contribution < -0.4 is 0 Å². The predicted molar refractivity (Wildman–Crippen MR) is 60.6 cm³/mol. The van der Waals surface area contributed by atoms with E-state index in [0.29, 0.717) is 32.3 Å². The third-order valence-electron chi connectivity index (χ3n) is 1.81. The lowest BCUT2D eigenvalue weighted by Crippen LogP contribution is -2.02. The minimum atomic E-state index is -4.41. The summed E-state index contributed by atoms with van der Waals surface area (Å²) in [7, 11) is 0. The van der Waals surface area contributed by atoms with Crippen LogP contribution in [-0.2, 0) is 6.18 Å². The lowest BCUT2D eigenvalue weighted by molar-refractivity contribution is -0.137. The van der Waals surface area contributed by atoms with Crippen LogP contribution in [0.15, 0.2) is 16.9 Å². The van der Waals surface area contributed by atoms with Crippen molar-refractivity contribution in [2.24, 2.45) is 0 Å². The van der Waals surface area contributed by atoms with Crippen LogP contribution in [0.1, 0.15) is 10.8 Å². The van der Waals surface area contributed by atoms with E-state index in [9.17, 15) is 13.2 Å². The van der Waals surface area contributed by atoms with Gasteiger partial charge in [0, 0.05) is 6.20 Å². The van der Waals surface area contributed by atoms with Gasteiger partial charge in [0.25, 0.3) is 0 Å². The van der Waals surface area contributed by atoms with Crippen LogP contribution in [0.4, 0.5) is 13.2 Å². The van der Waals surface area contributed by atoms with E-state index in [4.69, 9.17) is 0 Å². The van der Waals surface area contributed by atoms with Crippen molar-refractivity contribution in [2.45, 2.75) is 13.1 Å². The molecule has 2 aromatic heterocycles. The zero-order valence-corrected chi connectivity index (χ0v) is 10.8. The summed E-state index contributed by atoms with van der Waals surface area (Å²) in [6.07, 6.45) is -3.25. The molecular formula is C9H5BrF3N3S. The van der Waals surface area contributed by atoms with E-state index in [-0.39, 0.29) is 0 Å². The largest absolute Gasteiger partial charge is 0.443 e. The molecule has 0 saturated carbocycles. The summed E-state index contributed by atoms with van der Waals surface area (Å²) in [5.41, 5.74) is 0.428. The number of aryl methyl sites for hydroxylation is 1. The average Bonchev–Trinajstić information content (AvgIpc) is 2.63. The first-order valence-electron chi connectivity index (χ1n) is 4.41. The van der Waals surface area contributed by atoms with E-state index in [2.05, 4.69) is 30.9 Å². The number of rotatable bonds is 1. The molecule has 0 saturated heterocycles. The van der Waals surface area contributed by atoms with Crippen LogP contribution in [0.3, 0.4) is 0 Å². The molecule has 0 aliphatic rings. The van der Waals surface area contributed by atoms with Crippen molar-refractivity contribution in [3.05, 3.63) is 27.7 Å². The molecule has 0 atom stereocenters. The van der Waals surface area contributed by atoms with Gasteiger partial charge in [-0.3, -0.25) is 0 Å². The standard InChI is InChI=1S/C9H5BrF3N3S/c1-4-15-5(2-7(10)16-4)6-3-14-8(17-6)9(11,12)13/h2-3H,1H3. The summed E-state index contributed by atoms with van der Waals surface area (Å²) in [6, 6.07) is 1.56. The van der Waals surface area contributed by atoms with Crippen molar-refractivity contribution in [3.63, 3.8) is 0 Å². The Bertz CT molecular complexity index is 532. The molecule has 2 aromatic rings. The molecule has 8 heteroatoms. The predicted octanol–water partition coefficient (Wildman–Crippen LogP) is 3.69. The highest BCUT2D eigenvalue weighted by Crippen LogP contribution is 2.35. The van der Waals surface area contributed by atoms with Crippen molar-refractivity contribution in [2.75, 3.05) is 0 Å². The normalized spacial score (nSPS) is 11.8. The Labute approximate surface area is 107 Å². The second-order valence-corrected chi connectivity index (χ2v) is 4.99. The van der Waals surface area contributed by atoms with Gasteiger partial charge in [0.15, 0.2) is 5.01 Å². The Morgan fingerprint density at radius 1 is 1.29 bits per heavy atom. The van der Waals surface area contributed by atoms with E-state index in [1.165, 1.54) is 6.20 Å². The van der Waals surface area contributed by atoms with Crippen molar-refractivity contribution < 1.29 is 13.2 Å². The fourth-order valence-electron chi connectivity index (χ4n) is 1.18. The van der Waals surface area contributed by atoms with Gasteiger partial charge in [0.05, 0.1) is 10.6 Å². The molecule has 3 nitrogen and oxygen atoms in total. The third-order valence-corrected chi connectivity index (χ3v) is 3.28. The maximum absolute atomic E-state index is 12.4. The fraction of sp³-hybridized carbons (Fsp3) is 0.222. The van der Waals surface area contributed by atoms with Crippen molar-refractivity contribution >= 4 is 27.3 Å². The molecule has 0 aliphatic carbocycles. The van der Waals surface area contributed by atoms with E-state index in [1.54, 1.807) is 13.0 Å². The van der Waals surface area contributed by atoms with Gasteiger partial charge in [-0.1, -0.05) is 0 Å². The van der Waals surface area contributed by atoms with Gasteiger partial charge in [0.2, 0.25) is 0 Å². The molecular weight excluding hydrogens is 319 g/mol. The number of halogens is 4. The topological polar surface area (TPSA) is 38.7 Å². The lowest BCUT2D eigenvalue weighted by atomic mass is 10.3. The highest BCUT2D eigenvalue weighted by molar-refractivity contribution is 9.10. The first kappa shape index (κ1) is 12.4. The van der Waals surface area contributed by atoms with Crippen molar-refractivity contribution in [1.29, 1.82) is 0 Å². The molecule has 2 rings (SSSR count). The van der Waals surface area contributed by atoms with Gasteiger partial charge >= 0.3 is 6.18 Å². The molecule has 0 radical (unpaired) electrons. The molecule has 2 heterocycles. The monoisotopic (exact) mass is 323 g/mol. The third kappa shape index (κ3) is 2.81. The lowest BCUT2D eigenvalue weighted by Gasteiger charge is -2.00. The molecule has 0 amide bonds. The molecule has 90 valence electrons. The van der Waals surface area contributed by atoms with E-state index in [0.717, 1.165) is 0 Å². The Morgan fingerprint density at radius 3 is 2.53 bits per heavy atom. The quantitative estimate of drug-likeness (QED) is 0.751. The molecule has 0 N–H and O–H groups in total. The molecule has 17 heavy (non-hydrogen) atoms. The van der Waals surface area contributed by atoms with Crippen LogP contribution in [0, 0.1) is 6.92 Å². The Balaban J connectivity index is 2.44. The molecule has 0 fully saturated rings. The van der Waals surface area contributed by atoms with Crippen LogP contribution in [-0.4, -0.2) is 15.0 Å². The summed E-state index contributed by atoms with van der Waals surface area (Å²) in [4.78, 5) is 11.7. The van der Waals surface area contributed by atoms with Gasteiger partial charge < -0.3 is 0 Å². The number of alkyl halides is 3. The van der Waals surface area contributed by atoms with Crippen molar-refractivity contribution in [3.8, 4) is 10.6 Å². The number of thiazole rings is 1. The summed E-state index contributed by atoms with van der Waals surface area (Å²) in [5.74, 6) is 0.483. The van der Waals surface area contributed by atoms with Gasteiger partial charge in [0.1, 0.15) is 10.4 Å². The highest BCUT2D eigenvalue weighted by Gasteiger charge is 2.34. The van der Waals surface area contributed by atoms with Crippen LogP contribution in [0.5, 0.6) is 0 Å². The maximum atomic E-state index is 12.4. The second kappa shape index (κ2) is 4.34. The molecule has 0 aliphatic heterocycles. The van der Waals surface area contributed by atoms with Crippen molar-refractivity contribution in [1.82, 2.24) is 15.0 Å². The van der Waals surface area contributed by atoms with Gasteiger partial charge in [-0.25, -0.2) is 15.0 Å². The van der Waals surface area contributed by atoms with Crippen LogP contribution in [0.2, 0.25) is 0 Å². The fourth-order valence-corrected chi connectivity index (χ4v) is 2.40. The highest BCUT2D eigenvalue weighted by atomic mass is 79.9. The summed E-state index contributed by atoms with van der Waals surface area (Å²) >= 11 is 3.73. The summed E-state index contributed by atoms with van der Waals surface area (Å²) in [5, 5.41) is -0.875. The number of nitrogens with zero attached hydrogens (tertiary/aromatic N) is 3. The molecule has 0 spiro atoms. The number of aromatic nitrogens is 3. The van der Waals surface area contributed by atoms with Gasteiger partial charge in [-0.2, -0.15) is 13.2 Å². The smallest absolute Gasteiger partial charge is 0.240 e. The van der Waals surface area contributed by atoms with Gasteiger partial charge in [-0.05, 0) is 28.9 Å². The van der Waals surface area contributed by atoms with E-state index >= 15 is 0 Å². The average molecular weight is 324 g/mol. The zero-order chi connectivity index (χ0) is 12.6. The first-order chi connectivity index (χ1) is 7.86. The maximum Gasteiger partial charge on any atom is 0.443 e. The SMILES string of the molecule is Cc1nc(Br)cc(-c2cnc(C(F)(F)F)s2)n1. The van der Waals surface area contributed by atoms with Crippen LogP contribution >= 0.6 is 27.3 Å². The second-order valence-electron chi connectivity index (χ2n) is 3.15. The number of hydrogen-bond acceptors (Lipinski definition) is 4. The molecule has 0 aromatic carbocycles. The summed E-state index contributed by atoms with van der Waals surface area (Å²) < 4.78 is 37.7. The van der Waals surface area contributed by atoms with Crippen LogP contribution in [0.25, 0.3) is 10.6 Å². The Hall–Kier alpha value is -1.02. The first-order valence-corrected chi connectivity index (χ1v) is 6.02. The zero-order valence-electron chi connectivity index (χ0n) is 8.42. The Kier molecular flexibility index (Phi) is 3.17. The minimum Gasteiger partial charge on any atom is -0.240 e. The number of hydrogen-bond donors (Lipinski definition) is 0. The Morgan fingerprint density at radius 2 is 2.00 bits per heavy atom. The van der Waals surface area contributed by atoms with Gasteiger partial charge in [-0.15, -0.1) is 11.3 Å². The molecule has 0 unspecified atom stereocenters. The minimum absolute atomic E-state index is 0.364. The summed E-state index contributed by atoms with van der Waals surface area (Å²) in [6.45, 7) is 1.67. The molecule has 0 bridgehead atoms. The van der Waals surface area contributed by atoms with E-state index < -0.39 is 11.2 Å². The van der Waals surface area contributed by atoms with E-state index in [1.807, 2.05) is 0 Å².